The van der Waals surface area contributed by atoms with Gasteiger partial charge < -0.3 is 14.1 Å². The van der Waals surface area contributed by atoms with Crippen LogP contribution in [0.2, 0.25) is 0 Å². The fourth-order valence-corrected chi connectivity index (χ4v) is 4.61. The van der Waals surface area contributed by atoms with E-state index in [1.165, 1.54) is 12.7 Å². The number of sulfone groups is 1. The predicted molar refractivity (Wildman–Crippen MR) is 109 cm³/mol. The van der Waals surface area contributed by atoms with E-state index in [9.17, 15) is 13.2 Å². The van der Waals surface area contributed by atoms with Gasteiger partial charge in [-0.25, -0.2) is 8.42 Å². The normalized spacial score (nSPS) is 15.8. The van der Waals surface area contributed by atoms with Crippen LogP contribution in [0, 0.1) is 6.92 Å². The Kier molecular flexibility index (Phi) is 4.79. The third kappa shape index (κ3) is 3.46. The van der Waals surface area contributed by atoms with Crippen LogP contribution in [0.5, 0.6) is 5.75 Å². The molecule has 1 aliphatic carbocycles. The lowest BCUT2D eigenvalue weighted by Gasteiger charge is -2.24. The van der Waals surface area contributed by atoms with Crippen molar-refractivity contribution in [2.75, 3.05) is 6.26 Å². The van der Waals surface area contributed by atoms with E-state index in [0.717, 1.165) is 36.9 Å². The summed E-state index contributed by atoms with van der Waals surface area (Å²) < 4.78 is 32.4. The van der Waals surface area contributed by atoms with Crippen LogP contribution in [0.3, 0.4) is 0 Å². The first kappa shape index (κ1) is 18.8. The van der Waals surface area contributed by atoms with Crippen molar-refractivity contribution >= 4 is 15.4 Å². The first-order valence-electron chi connectivity index (χ1n) is 9.55. The summed E-state index contributed by atoms with van der Waals surface area (Å²) in [5.41, 5.74) is 2.62. The Bertz CT molecular complexity index is 1180. The molecule has 0 amide bonds. The molecule has 7 heteroatoms. The number of rotatable bonds is 4. The maximum atomic E-state index is 12.3. The van der Waals surface area contributed by atoms with E-state index in [-0.39, 0.29) is 16.6 Å². The molecule has 0 bridgehead atoms. The van der Waals surface area contributed by atoms with Gasteiger partial charge in [-0.05, 0) is 62.4 Å². The highest BCUT2D eigenvalue weighted by Gasteiger charge is 2.21. The van der Waals surface area contributed by atoms with Crippen LogP contribution < -0.4 is 10.3 Å². The van der Waals surface area contributed by atoms with Crippen molar-refractivity contribution in [3.8, 4) is 17.0 Å². The Morgan fingerprint density at radius 2 is 1.89 bits per heavy atom. The summed E-state index contributed by atoms with van der Waals surface area (Å²) in [5, 5.41) is 0. The van der Waals surface area contributed by atoms with Gasteiger partial charge in [-0.1, -0.05) is 6.42 Å². The smallest absolute Gasteiger partial charge is 0.272 e. The third-order valence-corrected chi connectivity index (χ3v) is 6.49. The Balaban J connectivity index is 1.90. The lowest BCUT2D eigenvalue weighted by Crippen LogP contribution is -2.20. The second-order valence-electron chi connectivity index (χ2n) is 7.53. The number of hydrogen-bond acceptors (Lipinski definition) is 4. The number of H-pyrrole nitrogens is 1. The molecule has 0 unspecified atom stereocenters. The summed E-state index contributed by atoms with van der Waals surface area (Å²) in [7, 11) is -3.37. The number of aromatic amines is 1. The molecule has 0 saturated heterocycles. The maximum absolute atomic E-state index is 12.3. The number of benzene rings is 1. The van der Waals surface area contributed by atoms with Gasteiger partial charge in [0.25, 0.3) is 5.56 Å². The zero-order chi connectivity index (χ0) is 19.9. The highest BCUT2D eigenvalue weighted by Crippen LogP contribution is 2.36. The van der Waals surface area contributed by atoms with E-state index >= 15 is 0 Å². The molecule has 0 radical (unpaired) electrons. The Morgan fingerprint density at radius 1 is 1.14 bits per heavy atom. The zero-order valence-electron chi connectivity index (χ0n) is 16.1. The van der Waals surface area contributed by atoms with Crippen LogP contribution in [0.25, 0.3) is 16.8 Å². The highest BCUT2D eigenvalue weighted by molar-refractivity contribution is 7.90. The molecule has 2 heterocycles. The first-order valence-corrected chi connectivity index (χ1v) is 11.4. The Morgan fingerprint density at radius 3 is 2.61 bits per heavy atom. The molecular formula is C21H24N2O4S. The molecule has 1 aliphatic rings. The van der Waals surface area contributed by atoms with Gasteiger partial charge in [0.15, 0.2) is 9.84 Å². The van der Waals surface area contributed by atoms with Crippen molar-refractivity contribution in [1.82, 2.24) is 9.38 Å². The molecular weight excluding hydrogens is 376 g/mol. The average molecular weight is 401 g/mol. The first-order chi connectivity index (χ1) is 13.3. The molecule has 1 N–H and O–H groups in total. The van der Waals surface area contributed by atoms with Crippen molar-refractivity contribution in [1.29, 1.82) is 0 Å². The molecule has 28 heavy (non-hydrogen) atoms. The van der Waals surface area contributed by atoms with Crippen molar-refractivity contribution in [2.45, 2.75) is 50.0 Å². The summed E-state index contributed by atoms with van der Waals surface area (Å²) in [6.07, 6.45) is 10.2. The number of ether oxygens (including phenoxy) is 1. The van der Waals surface area contributed by atoms with Gasteiger partial charge in [0.1, 0.15) is 11.3 Å². The summed E-state index contributed by atoms with van der Waals surface area (Å²) in [4.78, 5) is 15.2. The number of nitrogens with one attached hydrogen (secondary N) is 1. The largest absolute Gasteiger partial charge is 0.490 e. The van der Waals surface area contributed by atoms with Crippen molar-refractivity contribution in [3.63, 3.8) is 0 Å². The second kappa shape index (κ2) is 7.13. The van der Waals surface area contributed by atoms with Gasteiger partial charge in [-0.3, -0.25) is 4.79 Å². The van der Waals surface area contributed by atoms with Gasteiger partial charge in [-0.2, -0.15) is 0 Å². The van der Waals surface area contributed by atoms with Gasteiger partial charge >= 0.3 is 0 Å². The number of aromatic nitrogens is 2. The Hall–Kier alpha value is -2.54. The van der Waals surface area contributed by atoms with Crippen LogP contribution in [0.4, 0.5) is 0 Å². The zero-order valence-corrected chi connectivity index (χ0v) is 16.9. The molecule has 148 valence electrons. The summed E-state index contributed by atoms with van der Waals surface area (Å²) in [6, 6.07) is 6.88. The van der Waals surface area contributed by atoms with Gasteiger partial charge in [-0.15, -0.1) is 0 Å². The number of fused-ring (bicyclic) bond motifs is 1. The average Bonchev–Trinajstić information content (AvgIpc) is 3.00. The molecule has 1 saturated carbocycles. The minimum absolute atomic E-state index is 0.132. The van der Waals surface area contributed by atoms with Gasteiger partial charge in [0.05, 0.1) is 16.7 Å². The maximum Gasteiger partial charge on any atom is 0.272 e. The quantitative estimate of drug-likeness (QED) is 0.724. The number of aryl methyl sites for hydroxylation is 1. The standard InChI is InChI=1S/C21H24N2O4S/c1-14-12-18(23-11-10-22-21(24)20(14)23)17-13-16(28(2,25)26)8-9-19(17)27-15-6-4-3-5-7-15/h8-13,15H,3-7H2,1-2H3,(H,22,24). The molecule has 6 nitrogen and oxygen atoms in total. The summed E-state index contributed by atoms with van der Waals surface area (Å²) >= 11 is 0. The third-order valence-electron chi connectivity index (χ3n) is 5.38. The number of hydrogen-bond donors (Lipinski definition) is 1. The second-order valence-corrected chi connectivity index (χ2v) is 9.54. The van der Waals surface area contributed by atoms with Crippen molar-refractivity contribution < 1.29 is 13.2 Å². The van der Waals surface area contributed by atoms with Crippen molar-refractivity contribution in [2.24, 2.45) is 0 Å². The molecule has 1 fully saturated rings. The van der Waals surface area contributed by atoms with Gasteiger partial charge in [0.2, 0.25) is 0 Å². The fourth-order valence-electron chi connectivity index (χ4n) is 3.97. The van der Waals surface area contributed by atoms with E-state index in [2.05, 4.69) is 4.98 Å². The van der Waals surface area contributed by atoms with Crippen LogP contribution in [-0.2, 0) is 9.84 Å². The van der Waals surface area contributed by atoms with Crippen LogP contribution in [-0.4, -0.2) is 30.2 Å². The SMILES string of the molecule is Cc1cc(-c2cc(S(C)(=O)=O)ccc2OC2CCCCC2)n2cc[nH]c(=O)c12. The van der Waals surface area contributed by atoms with Crippen LogP contribution >= 0.6 is 0 Å². The van der Waals surface area contributed by atoms with E-state index < -0.39 is 9.84 Å². The molecule has 0 aliphatic heterocycles. The topological polar surface area (TPSA) is 80.6 Å². The Labute approximate surface area is 164 Å². The van der Waals surface area contributed by atoms with Crippen LogP contribution in [0.15, 0.2) is 46.3 Å². The predicted octanol–water partition coefficient (Wildman–Crippen LogP) is 3.72. The molecule has 1 aromatic carbocycles. The summed E-state index contributed by atoms with van der Waals surface area (Å²) in [5.74, 6) is 0.652. The monoisotopic (exact) mass is 400 g/mol. The summed E-state index contributed by atoms with van der Waals surface area (Å²) in [6.45, 7) is 1.87. The number of nitrogens with zero attached hydrogens (tertiary/aromatic N) is 1. The van der Waals surface area contributed by atoms with Crippen molar-refractivity contribution in [3.05, 3.63) is 52.6 Å². The minimum Gasteiger partial charge on any atom is -0.490 e. The lowest BCUT2D eigenvalue weighted by atomic mass is 9.97. The molecule has 3 aromatic rings. The minimum atomic E-state index is -3.37. The molecule has 4 rings (SSSR count). The molecule has 2 aromatic heterocycles. The molecule has 0 spiro atoms. The lowest BCUT2D eigenvalue weighted by molar-refractivity contribution is 0.155. The van der Waals surface area contributed by atoms with E-state index in [4.69, 9.17) is 4.74 Å². The fraction of sp³-hybridized carbons (Fsp3) is 0.381. The van der Waals surface area contributed by atoms with E-state index in [0.29, 0.717) is 16.8 Å². The van der Waals surface area contributed by atoms with Crippen LogP contribution in [0.1, 0.15) is 37.7 Å². The highest BCUT2D eigenvalue weighted by atomic mass is 32.2. The molecule has 0 atom stereocenters. The van der Waals surface area contributed by atoms with E-state index in [1.807, 2.05) is 13.0 Å². The van der Waals surface area contributed by atoms with Gasteiger partial charge in [0, 0.05) is 24.2 Å². The van der Waals surface area contributed by atoms with E-state index in [1.54, 1.807) is 35.0 Å².